The van der Waals surface area contributed by atoms with Gasteiger partial charge in [-0.05, 0) is 61.3 Å². The molecule has 2 rings (SSSR count). The van der Waals surface area contributed by atoms with Crippen LogP contribution in [-0.4, -0.2) is 30.0 Å². The highest BCUT2D eigenvalue weighted by Crippen LogP contribution is 2.36. The molecule has 1 aliphatic heterocycles. The third kappa shape index (κ3) is 5.00. The summed E-state index contributed by atoms with van der Waals surface area (Å²) in [7, 11) is 0. The van der Waals surface area contributed by atoms with Crippen molar-refractivity contribution in [1.82, 2.24) is 4.90 Å². The summed E-state index contributed by atoms with van der Waals surface area (Å²) >= 11 is -0.0706. The highest BCUT2D eigenvalue weighted by Gasteiger charge is 2.29. The smallest absolute Gasteiger partial charge is 0.330 e. The lowest BCUT2D eigenvalue weighted by Gasteiger charge is -2.32. The van der Waals surface area contributed by atoms with Crippen LogP contribution >= 0.6 is 11.8 Å². The number of piperidine rings is 1. The molecule has 0 amide bonds. The van der Waals surface area contributed by atoms with Gasteiger partial charge in [-0.2, -0.15) is 13.2 Å². The van der Waals surface area contributed by atoms with Gasteiger partial charge in [0, 0.05) is 18.0 Å². The van der Waals surface area contributed by atoms with Crippen molar-refractivity contribution in [2.24, 2.45) is 11.7 Å². The zero-order valence-electron chi connectivity index (χ0n) is 11.2. The minimum Gasteiger partial charge on any atom is -0.330 e. The molecule has 1 aliphatic rings. The van der Waals surface area contributed by atoms with Crippen LogP contribution in [0.15, 0.2) is 29.2 Å². The first-order chi connectivity index (χ1) is 9.46. The third-order valence-corrected chi connectivity index (χ3v) is 4.24. The van der Waals surface area contributed by atoms with Crippen LogP contribution in [0.25, 0.3) is 0 Å². The van der Waals surface area contributed by atoms with Crippen LogP contribution < -0.4 is 5.73 Å². The van der Waals surface area contributed by atoms with Gasteiger partial charge in [0.2, 0.25) is 0 Å². The molecule has 1 aromatic carbocycles. The number of hydrogen-bond donors (Lipinski definition) is 1. The molecule has 1 atom stereocenters. The maximum Gasteiger partial charge on any atom is 0.446 e. The molecule has 1 saturated heterocycles. The van der Waals surface area contributed by atoms with E-state index >= 15 is 0 Å². The second-order valence-corrected chi connectivity index (χ2v) is 6.31. The molecule has 1 fully saturated rings. The Morgan fingerprint density at radius 3 is 2.55 bits per heavy atom. The number of benzene rings is 1. The van der Waals surface area contributed by atoms with Crippen molar-refractivity contribution in [2.45, 2.75) is 29.8 Å². The van der Waals surface area contributed by atoms with E-state index in [2.05, 4.69) is 4.90 Å². The standard InChI is InChI=1S/C14H19F3N2S/c15-14(16,17)20-13-5-3-11(4-6-13)9-19-7-1-2-12(8-18)10-19/h3-6,12H,1-2,7-10,18H2. The van der Waals surface area contributed by atoms with Crippen LogP contribution in [0.1, 0.15) is 18.4 Å². The molecule has 0 radical (unpaired) electrons. The van der Waals surface area contributed by atoms with Gasteiger partial charge in [-0.1, -0.05) is 12.1 Å². The van der Waals surface area contributed by atoms with Crippen LogP contribution in [0.2, 0.25) is 0 Å². The summed E-state index contributed by atoms with van der Waals surface area (Å²) in [6, 6.07) is 6.63. The summed E-state index contributed by atoms with van der Waals surface area (Å²) in [5.41, 5.74) is 2.53. The predicted octanol–water partition coefficient (Wildman–Crippen LogP) is 3.47. The Morgan fingerprint density at radius 1 is 1.25 bits per heavy atom. The average molecular weight is 304 g/mol. The zero-order chi connectivity index (χ0) is 14.6. The number of alkyl halides is 3. The van der Waals surface area contributed by atoms with E-state index in [1.54, 1.807) is 12.1 Å². The van der Waals surface area contributed by atoms with Gasteiger partial charge in [0.25, 0.3) is 0 Å². The van der Waals surface area contributed by atoms with Gasteiger partial charge in [0.15, 0.2) is 0 Å². The van der Waals surface area contributed by atoms with Crippen LogP contribution in [0.5, 0.6) is 0 Å². The number of likely N-dealkylation sites (tertiary alicyclic amines) is 1. The molecule has 0 aliphatic carbocycles. The summed E-state index contributed by atoms with van der Waals surface area (Å²) < 4.78 is 36.7. The second-order valence-electron chi connectivity index (χ2n) is 5.17. The Balaban J connectivity index is 1.90. The minimum atomic E-state index is -4.22. The topological polar surface area (TPSA) is 29.3 Å². The maximum atomic E-state index is 12.2. The first-order valence-electron chi connectivity index (χ1n) is 6.73. The Hall–Kier alpha value is -0.720. The van der Waals surface area contributed by atoms with Gasteiger partial charge < -0.3 is 5.73 Å². The lowest BCUT2D eigenvalue weighted by Crippen LogP contribution is -2.37. The van der Waals surface area contributed by atoms with Gasteiger partial charge >= 0.3 is 5.51 Å². The van der Waals surface area contributed by atoms with Crippen molar-refractivity contribution in [1.29, 1.82) is 0 Å². The molecule has 1 aromatic rings. The highest BCUT2D eigenvalue weighted by atomic mass is 32.2. The Kier molecular flexibility index (Phi) is 5.35. The monoisotopic (exact) mass is 304 g/mol. The van der Waals surface area contributed by atoms with E-state index in [0.717, 1.165) is 31.6 Å². The van der Waals surface area contributed by atoms with Crippen LogP contribution in [-0.2, 0) is 6.54 Å². The molecule has 0 saturated carbocycles. The van der Waals surface area contributed by atoms with Gasteiger partial charge in [-0.25, -0.2) is 0 Å². The van der Waals surface area contributed by atoms with E-state index in [4.69, 9.17) is 5.73 Å². The number of rotatable bonds is 4. The second kappa shape index (κ2) is 6.83. The van der Waals surface area contributed by atoms with Crippen molar-refractivity contribution in [3.8, 4) is 0 Å². The van der Waals surface area contributed by atoms with Gasteiger partial charge in [0.1, 0.15) is 0 Å². The van der Waals surface area contributed by atoms with Crippen molar-refractivity contribution < 1.29 is 13.2 Å². The first-order valence-corrected chi connectivity index (χ1v) is 7.55. The number of thioether (sulfide) groups is 1. The number of halogens is 3. The van der Waals surface area contributed by atoms with Crippen molar-refractivity contribution in [2.75, 3.05) is 19.6 Å². The van der Waals surface area contributed by atoms with E-state index < -0.39 is 5.51 Å². The Morgan fingerprint density at radius 2 is 1.95 bits per heavy atom. The van der Waals surface area contributed by atoms with Crippen molar-refractivity contribution >= 4 is 11.8 Å². The maximum absolute atomic E-state index is 12.2. The summed E-state index contributed by atoms with van der Waals surface area (Å²) in [6.07, 6.45) is 2.32. The normalized spacial score (nSPS) is 21.1. The summed E-state index contributed by atoms with van der Waals surface area (Å²) in [6.45, 7) is 3.51. The average Bonchev–Trinajstić information content (AvgIpc) is 2.40. The third-order valence-electron chi connectivity index (χ3n) is 3.50. The Labute approximate surface area is 121 Å². The number of hydrogen-bond acceptors (Lipinski definition) is 3. The van der Waals surface area contributed by atoms with E-state index in [-0.39, 0.29) is 16.7 Å². The quantitative estimate of drug-likeness (QED) is 0.864. The molecule has 1 unspecified atom stereocenters. The van der Waals surface area contributed by atoms with Crippen LogP contribution in [0.3, 0.4) is 0 Å². The lowest BCUT2D eigenvalue weighted by molar-refractivity contribution is -0.0328. The highest BCUT2D eigenvalue weighted by molar-refractivity contribution is 8.00. The molecule has 0 bridgehead atoms. The SMILES string of the molecule is NCC1CCCN(Cc2ccc(SC(F)(F)F)cc2)C1. The summed E-state index contributed by atoms with van der Waals surface area (Å²) in [5.74, 6) is 0.545. The van der Waals surface area contributed by atoms with Gasteiger partial charge in [-0.15, -0.1) is 0 Å². The number of nitrogens with two attached hydrogens (primary N) is 1. The minimum absolute atomic E-state index is 0.0706. The Bertz CT molecular complexity index is 419. The van der Waals surface area contributed by atoms with E-state index in [1.165, 1.54) is 18.6 Å². The number of nitrogens with zero attached hydrogens (tertiary/aromatic N) is 1. The van der Waals surface area contributed by atoms with E-state index in [1.807, 2.05) is 0 Å². The summed E-state index contributed by atoms with van der Waals surface area (Å²) in [5, 5.41) is 0. The van der Waals surface area contributed by atoms with Crippen molar-refractivity contribution in [3.05, 3.63) is 29.8 Å². The molecular formula is C14H19F3N2S. The van der Waals surface area contributed by atoms with Crippen LogP contribution in [0, 0.1) is 5.92 Å². The fourth-order valence-electron chi connectivity index (χ4n) is 2.54. The van der Waals surface area contributed by atoms with E-state index in [0.29, 0.717) is 12.5 Å². The van der Waals surface area contributed by atoms with E-state index in [9.17, 15) is 13.2 Å². The molecule has 6 heteroatoms. The predicted molar refractivity (Wildman–Crippen MR) is 75.4 cm³/mol. The zero-order valence-corrected chi connectivity index (χ0v) is 12.0. The molecule has 2 nitrogen and oxygen atoms in total. The van der Waals surface area contributed by atoms with Gasteiger partial charge in [-0.3, -0.25) is 4.90 Å². The molecule has 0 aromatic heterocycles. The van der Waals surface area contributed by atoms with Gasteiger partial charge in [0.05, 0.1) is 0 Å². The molecule has 1 heterocycles. The molecular weight excluding hydrogens is 285 g/mol. The molecule has 20 heavy (non-hydrogen) atoms. The molecule has 2 N–H and O–H groups in total. The largest absolute Gasteiger partial charge is 0.446 e. The molecule has 0 spiro atoms. The summed E-state index contributed by atoms with van der Waals surface area (Å²) in [4.78, 5) is 2.56. The fourth-order valence-corrected chi connectivity index (χ4v) is 3.08. The molecule has 112 valence electrons. The van der Waals surface area contributed by atoms with Crippen molar-refractivity contribution in [3.63, 3.8) is 0 Å². The first kappa shape index (κ1) is 15.7. The van der Waals surface area contributed by atoms with Crippen LogP contribution in [0.4, 0.5) is 13.2 Å². The lowest BCUT2D eigenvalue weighted by atomic mass is 9.98. The fraction of sp³-hybridized carbons (Fsp3) is 0.571.